The number of ketones is 1. The van der Waals surface area contributed by atoms with Crippen LogP contribution in [0, 0.1) is 0 Å². The van der Waals surface area contributed by atoms with Crippen molar-refractivity contribution in [3.05, 3.63) is 23.8 Å². The average molecular weight is 180 g/mol. The first-order valence-electron chi connectivity index (χ1n) is 4.04. The van der Waals surface area contributed by atoms with E-state index in [1.54, 1.807) is 6.92 Å². The van der Waals surface area contributed by atoms with E-state index in [0.29, 0.717) is 5.56 Å². The van der Waals surface area contributed by atoms with E-state index in [2.05, 4.69) is 0 Å². The lowest BCUT2D eigenvalue weighted by Gasteiger charge is -2.08. The average Bonchev–Trinajstić information content (AvgIpc) is 2.01. The van der Waals surface area contributed by atoms with Crippen LogP contribution in [0.4, 0.5) is 0 Å². The highest BCUT2D eigenvalue weighted by molar-refractivity contribution is 5.83. The zero-order valence-corrected chi connectivity index (χ0v) is 7.61. The van der Waals surface area contributed by atoms with E-state index < -0.39 is 0 Å². The van der Waals surface area contributed by atoms with Crippen molar-refractivity contribution in [1.29, 1.82) is 0 Å². The smallest absolute Gasteiger partial charge is 0.136 e. The quantitative estimate of drug-likeness (QED) is 0.729. The number of benzene rings is 1. The molecule has 0 fully saturated rings. The molecule has 1 atom stereocenters. The maximum atomic E-state index is 11.0. The molecule has 0 aliphatic rings. The molecule has 0 unspecified atom stereocenters. The second-order valence-electron chi connectivity index (χ2n) is 3.12. The third-order valence-electron chi connectivity index (χ3n) is 2.03. The molecule has 0 aliphatic carbocycles. The van der Waals surface area contributed by atoms with Crippen molar-refractivity contribution in [1.82, 2.24) is 0 Å². The molecule has 13 heavy (non-hydrogen) atoms. The number of hydrogen-bond donors (Lipinski definition) is 2. The Morgan fingerprint density at radius 2 is 1.69 bits per heavy atom. The zero-order valence-electron chi connectivity index (χ0n) is 7.61. The highest BCUT2D eigenvalue weighted by Gasteiger charge is 2.11. The van der Waals surface area contributed by atoms with Gasteiger partial charge in [0.25, 0.3) is 0 Å². The third-order valence-corrected chi connectivity index (χ3v) is 2.03. The Morgan fingerprint density at radius 3 is 2.08 bits per heavy atom. The number of aromatic hydroxyl groups is 2. The molecule has 1 aromatic carbocycles. The van der Waals surface area contributed by atoms with Crippen LogP contribution in [0.2, 0.25) is 0 Å². The normalized spacial score (nSPS) is 12.5. The van der Waals surface area contributed by atoms with Crippen LogP contribution < -0.4 is 0 Å². The van der Waals surface area contributed by atoms with E-state index >= 15 is 0 Å². The van der Waals surface area contributed by atoms with E-state index in [0.717, 1.165) is 0 Å². The summed E-state index contributed by atoms with van der Waals surface area (Å²) in [5.74, 6) is -0.339. The minimum atomic E-state index is -0.294. The van der Waals surface area contributed by atoms with Crippen LogP contribution in [0.1, 0.15) is 25.3 Å². The van der Waals surface area contributed by atoms with E-state index in [4.69, 9.17) is 10.2 Å². The van der Waals surface area contributed by atoms with Crippen LogP contribution in [-0.2, 0) is 4.79 Å². The molecule has 0 saturated carbocycles. The summed E-state index contributed by atoms with van der Waals surface area (Å²) in [6, 6.07) is 4.19. The Bertz CT molecular complexity index is 311. The second-order valence-corrected chi connectivity index (χ2v) is 3.12. The number of Topliss-reactive ketones (excluding diaryl/α,β-unsaturated/α-hetero) is 1. The van der Waals surface area contributed by atoms with Gasteiger partial charge in [0.2, 0.25) is 0 Å². The van der Waals surface area contributed by atoms with Gasteiger partial charge in [-0.25, -0.2) is 0 Å². The Labute approximate surface area is 76.6 Å². The van der Waals surface area contributed by atoms with Crippen molar-refractivity contribution >= 4 is 5.78 Å². The number of carbonyl (C=O) groups is 1. The molecule has 0 saturated heterocycles. The van der Waals surface area contributed by atoms with Gasteiger partial charge in [-0.05, 0) is 24.6 Å². The van der Waals surface area contributed by atoms with Gasteiger partial charge in [-0.15, -0.1) is 0 Å². The van der Waals surface area contributed by atoms with Crippen LogP contribution in [0.25, 0.3) is 0 Å². The van der Waals surface area contributed by atoms with Crippen molar-refractivity contribution < 1.29 is 15.0 Å². The highest BCUT2D eigenvalue weighted by Crippen LogP contribution is 2.26. The molecule has 0 spiro atoms. The standard InChI is InChI=1S/C10H12O3/c1-6(7(2)11)8-3-9(12)5-10(13)4-8/h3-6,12-13H,1-2H3/t6-/m0/s1. The molecule has 1 aromatic rings. The number of carbonyl (C=O) groups excluding carboxylic acids is 1. The molecule has 0 aliphatic heterocycles. The third kappa shape index (κ3) is 2.21. The number of phenols is 2. The molecule has 3 heteroatoms. The second kappa shape index (κ2) is 3.47. The maximum Gasteiger partial charge on any atom is 0.136 e. The maximum absolute atomic E-state index is 11.0. The van der Waals surface area contributed by atoms with Crippen molar-refractivity contribution in [3.8, 4) is 11.5 Å². The molecular weight excluding hydrogens is 168 g/mol. The van der Waals surface area contributed by atoms with Crippen LogP contribution in [-0.4, -0.2) is 16.0 Å². The monoisotopic (exact) mass is 180 g/mol. The van der Waals surface area contributed by atoms with Gasteiger partial charge in [-0.3, -0.25) is 4.79 Å². The first-order chi connectivity index (χ1) is 6.00. The first-order valence-corrected chi connectivity index (χ1v) is 4.04. The van der Waals surface area contributed by atoms with Gasteiger partial charge in [0.1, 0.15) is 17.3 Å². The minimum Gasteiger partial charge on any atom is -0.508 e. The Balaban J connectivity index is 3.07. The van der Waals surface area contributed by atoms with Crippen LogP contribution in [0.15, 0.2) is 18.2 Å². The molecule has 2 N–H and O–H groups in total. The van der Waals surface area contributed by atoms with E-state index in [1.165, 1.54) is 25.1 Å². The Kier molecular flexibility index (Phi) is 2.56. The number of hydrogen-bond acceptors (Lipinski definition) is 3. The molecular formula is C10H12O3. The van der Waals surface area contributed by atoms with E-state index in [-0.39, 0.29) is 23.2 Å². The summed E-state index contributed by atoms with van der Waals surface area (Å²) in [6.45, 7) is 3.21. The van der Waals surface area contributed by atoms with E-state index in [9.17, 15) is 4.79 Å². The van der Waals surface area contributed by atoms with Gasteiger partial charge in [0.15, 0.2) is 0 Å². The van der Waals surface area contributed by atoms with Gasteiger partial charge >= 0.3 is 0 Å². The predicted molar refractivity (Wildman–Crippen MR) is 48.9 cm³/mol. The van der Waals surface area contributed by atoms with Gasteiger partial charge in [-0.2, -0.15) is 0 Å². The topological polar surface area (TPSA) is 57.5 Å². The molecule has 0 radical (unpaired) electrons. The fourth-order valence-corrected chi connectivity index (χ4v) is 1.10. The molecule has 0 amide bonds. The van der Waals surface area contributed by atoms with Gasteiger partial charge in [0.05, 0.1) is 0 Å². The van der Waals surface area contributed by atoms with Crippen molar-refractivity contribution in [2.24, 2.45) is 0 Å². The summed E-state index contributed by atoms with van der Waals surface area (Å²) in [5, 5.41) is 18.3. The lowest BCUT2D eigenvalue weighted by molar-refractivity contribution is -0.118. The summed E-state index contributed by atoms with van der Waals surface area (Å²) in [6.07, 6.45) is 0. The van der Waals surface area contributed by atoms with Gasteiger partial charge in [-0.1, -0.05) is 6.92 Å². The largest absolute Gasteiger partial charge is 0.508 e. The van der Waals surface area contributed by atoms with E-state index in [1.807, 2.05) is 0 Å². The summed E-state index contributed by atoms with van der Waals surface area (Å²) in [5.41, 5.74) is 0.630. The molecule has 70 valence electrons. The Morgan fingerprint density at radius 1 is 1.23 bits per heavy atom. The SMILES string of the molecule is CC(=O)[C@H](C)c1cc(O)cc(O)c1. The Hall–Kier alpha value is -1.51. The predicted octanol–water partition coefficient (Wildman–Crippen LogP) is 1.79. The van der Waals surface area contributed by atoms with Crippen LogP contribution >= 0.6 is 0 Å². The van der Waals surface area contributed by atoms with Crippen molar-refractivity contribution in [3.63, 3.8) is 0 Å². The summed E-state index contributed by atoms with van der Waals surface area (Å²) in [4.78, 5) is 11.0. The van der Waals surface area contributed by atoms with Gasteiger partial charge < -0.3 is 10.2 Å². The molecule has 1 rings (SSSR count). The lowest BCUT2D eigenvalue weighted by Crippen LogP contribution is -2.03. The van der Waals surface area contributed by atoms with Crippen molar-refractivity contribution in [2.45, 2.75) is 19.8 Å². The van der Waals surface area contributed by atoms with Crippen LogP contribution in [0.3, 0.4) is 0 Å². The summed E-state index contributed by atoms with van der Waals surface area (Å²) >= 11 is 0. The molecule has 3 nitrogen and oxygen atoms in total. The molecule has 0 bridgehead atoms. The fraction of sp³-hybridized carbons (Fsp3) is 0.300. The lowest BCUT2D eigenvalue weighted by atomic mass is 9.97. The van der Waals surface area contributed by atoms with Gasteiger partial charge in [0, 0.05) is 12.0 Å². The summed E-state index contributed by atoms with van der Waals surface area (Å²) in [7, 11) is 0. The first kappa shape index (κ1) is 9.58. The number of rotatable bonds is 2. The molecule has 0 heterocycles. The summed E-state index contributed by atoms with van der Waals surface area (Å²) < 4.78 is 0. The van der Waals surface area contributed by atoms with Crippen molar-refractivity contribution in [2.75, 3.05) is 0 Å². The number of phenolic OH excluding ortho intramolecular Hbond substituents is 2. The highest BCUT2D eigenvalue weighted by atomic mass is 16.3. The fourth-order valence-electron chi connectivity index (χ4n) is 1.10. The molecule has 0 aromatic heterocycles. The minimum absolute atomic E-state index is 0.00463. The zero-order chi connectivity index (χ0) is 10.0. The van der Waals surface area contributed by atoms with Crippen LogP contribution in [0.5, 0.6) is 11.5 Å².